The molecule has 0 bridgehead atoms. The fourth-order valence-corrected chi connectivity index (χ4v) is 6.76. The number of rotatable bonds is 8. The first-order valence-electron chi connectivity index (χ1n) is 13.8. The van der Waals surface area contributed by atoms with Crippen LogP contribution < -0.4 is 33.7 Å². The first kappa shape index (κ1) is 26.3. The lowest BCUT2D eigenvalue weighted by molar-refractivity contribution is -0.141. The molecule has 42 heavy (non-hydrogen) atoms. The molecule has 7 rings (SSSR count). The summed E-state index contributed by atoms with van der Waals surface area (Å²) in [4.78, 5) is 16.8. The van der Waals surface area contributed by atoms with Crippen LogP contribution in [-0.4, -0.2) is 52.8 Å². The zero-order chi connectivity index (χ0) is 29.0. The van der Waals surface area contributed by atoms with E-state index in [9.17, 15) is 4.79 Å². The Morgan fingerprint density at radius 3 is 2.31 bits per heavy atom. The van der Waals surface area contributed by atoms with Crippen LogP contribution in [-0.2, 0) is 16.1 Å². The maximum absolute atomic E-state index is 13.5. The zero-order valence-electron chi connectivity index (χ0n) is 23.8. The molecule has 1 aromatic heterocycles. The number of cyclic esters (lactones) is 1. The Bertz CT molecular complexity index is 1660. The van der Waals surface area contributed by atoms with E-state index in [-0.39, 0.29) is 30.6 Å². The van der Waals surface area contributed by atoms with Crippen molar-refractivity contribution in [3.8, 4) is 34.5 Å². The van der Waals surface area contributed by atoms with Gasteiger partial charge in [-0.05, 0) is 64.7 Å². The van der Waals surface area contributed by atoms with Crippen molar-refractivity contribution in [2.24, 2.45) is 11.8 Å². The number of H-pyrrole nitrogens is 1. The average Bonchev–Trinajstić information content (AvgIpc) is 3.75. The SMILES string of the molecule is COc1ccc2[nH]cc(CN[C@@H]3c4cc5c(cc4[C@@H](c4cc(OC)c(OC)c(OC)c4)[C@H]4C(=O)OC[C@@H]43)OCO5)c2c1. The molecular formula is C32H32N2O8. The van der Waals surface area contributed by atoms with Crippen LogP contribution >= 0.6 is 0 Å². The van der Waals surface area contributed by atoms with Gasteiger partial charge in [-0.25, -0.2) is 0 Å². The summed E-state index contributed by atoms with van der Waals surface area (Å²) < 4.78 is 39.7. The van der Waals surface area contributed by atoms with Crippen LogP contribution in [0.4, 0.5) is 0 Å². The van der Waals surface area contributed by atoms with Gasteiger partial charge in [-0.1, -0.05) is 0 Å². The minimum Gasteiger partial charge on any atom is -0.497 e. The van der Waals surface area contributed by atoms with Gasteiger partial charge in [-0.2, -0.15) is 0 Å². The van der Waals surface area contributed by atoms with Crippen LogP contribution in [0.2, 0.25) is 0 Å². The molecule has 3 aromatic carbocycles. The van der Waals surface area contributed by atoms with Gasteiger partial charge in [0, 0.05) is 41.5 Å². The summed E-state index contributed by atoms with van der Waals surface area (Å²) in [7, 11) is 6.40. The number of esters is 1. The van der Waals surface area contributed by atoms with Crippen molar-refractivity contribution in [1.29, 1.82) is 0 Å². The number of hydrogen-bond acceptors (Lipinski definition) is 9. The second-order valence-electron chi connectivity index (χ2n) is 10.7. The summed E-state index contributed by atoms with van der Waals surface area (Å²) in [5.41, 5.74) is 4.99. The van der Waals surface area contributed by atoms with Gasteiger partial charge in [0.1, 0.15) is 5.75 Å². The smallest absolute Gasteiger partial charge is 0.310 e. The van der Waals surface area contributed by atoms with Crippen LogP contribution in [0, 0.1) is 11.8 Å². The predicted molar refractivity (Wildman–Crippen MR) is 153 cm³/mol. The minimum atomic E-state index is -0.443. The molecule has 2 N–H and O–H groups in total. The molecule has 1 fully saturated rings. The van der Waals surface area contributed by atoms with E-state index < -0.39 is 5.92 Å². The van der Waals surface area contributed by atoms with Crippen molar-refractivity contribution in [3.05, 3.63) is 70.9 Å². The fraction of sp³-hybridized carbons (Fsp3) is 0.344. The number of aromatic nitrogens is 1. The van der Waals surface area contributed by atoms with Crippen LogP contribution in [0.1, 0.15) is 34.2 Å². The third kappa shape index (κ3) is 4.08. The first-order chi connectivity index (χ1) is 20.5. The van der Waals surface area contributed by atoms with Gasteiger partial charge < -0.3 is 43.5 Å². The third-order valence-corrected chi connectivity index (χ3v) is 8.72. The van der Waals surface area contributed by atoms with E-state index in [1.54, 1.807) is 28.4 Å². The molecule has 10 nitrogen and oxygen atoms in total. The quantitative estimate of drug-likeness (QED) is 0.291. The Kier molecular flexibility index (Phi) is 6.50. The molecule has 0 radical (unpaired) electrons. The summed E-state index contributed by atoms with van der Waals surface area (Å²) in [6, 6.07) is 13.7. The Morgan fingerprint density at radius 2 is 1.62 bits per heavy atom. The van der Waals surface area contributed by atoms with Crippen LogP contribution in [0.25, 0.3) is 10.9 Å². The Balaban J connectivity index is 1.34. The third-order valence-electron chi connectivity index (χ3n) is 8.72. The standard InChI is InChI=1S/C32H32N2O8/c1-36-18-5-6-23-19(9-18)17(12-33-23)13-34-30-21-11-25-24(41-15-42-25)10-20(21)28(29-22(30)14-40-32(29)35)16-7-26(37-2)31(39-4)27(8-16)38-3/h5-12,22,28-30,33-34H,13-15H2,1-4H3/t22-,28+,29-,30+/m0/s1. The highest BCUT2D eigenvalue weighted by Crippen LogP contribution is 2.55. The summed E-state index contributed by atoms with van der Waals surface area (Å²) in [6.45, 7) is 1.02. The summed E-state index contributed by atoms with van der Waals surface area (Å²) in [5, 5.41) is 4.85. The summed E-state index contributed by atoms with van der Waals surface area (Å²) >= 11 is 0. The number of benzene rings is 3. The van der Waals surface area contributed by atoms with Gasteiger partial charge >= 0.3 is 5.97 Å². The number of hydrogen-bond donors (Lipinski definition) is 2. The van der Waals surface area contributed by atoms with Crippen molar-refractivity contribution in [1.82, 2.24) is 10.3 Å². The lowest BCUT2D eigenvalue weighted by Crippen LogP contribution is -2.40. The first-order valence-corrected chi connectivity index (χ1v) is 13.8. The molecule has 3 heterocycles. The highest BCUT2D eigenvalue weighted by atomic mass is 16.7. The topological polar surface area (TPSA) is 110 Å². The van der Waals surface area contributed by atoms with Crippen molar-refractivity contribution in [2.75, 3.05) is 41.8 Å². The minimum absolute atomic E-state index is 0.130. The van der Waals surface area contributed by atoms with E-state index >= 15 is 0 Å². The molecular weight excluding hydrogens is 540 g/mol. The van der Waals surface area contributed by atoms with Gasteiger partial charge in [-0.3, -0.25) is 4.79 Å². The van der Waals surface area contributed by atoms with Crippen molar-refractivity contribution in [2.45, 2.75) is 18.5 Å². The molecule has 4 aromatic rings. The molecule has 2 aliphatic heterocycles. The predicted octanol–water partition coefficient (Wildman–Crippen LogP) is 4.70. The zero-order valence-corrected chi connectivity index (χ0v) is 23.8. The van der Waals surface area contributed by atoms with Crippen LogP contribution in [0.5, 0.6) is 34.5 Å². The average molecular weight is 573 g/mol. The second-order valence-corrected chi connectivity index (χ2v) is 10.7. The molecule has 218 valence electrons. The normalized spacial score (nSPS) is 22.0. The molecule has 1 aliphatic carbocycles. The van der Waals surface area contributed by atoms with Gasteiger partial charge in [0.05, 0.1) is 41.0 Å². The lowest BCUT2D eigenvalue weighted by atomic mass is 9.65. The molecule has 0 unspecified atom stereocenters. The second kappa shape index (κ2) is 10.4. The highest BCUT2D eigenvalue weighted by molar-refractivity contribution is 5.84. The van der Waals surface area contributed by atoms with E-state index in [1.165, 1.54) is 0 Å². The van der Waals surface area contributed by atoms with E-state index in [0.29, 0.717) is 41.9 Å². The lowest BCUT2D eigenvalue weighted by Gasteiger charge is -2.39. The monoisotopic (exact) mass is 572 g/mol. The van der Waals surface area contributed by atoms with Crippen LogP contribution in [0.15, 0.2) is 48.7 Å². The number of nitrogens with one attached hydrogen (secondary N) is 2. The maximum atomic E-state index is 13.5. The molecule has 0 saturated carbocycles. The molecule has 0 spiro atoms. The largest absolute Gasteiger partial charge is 0.497 e. The number of methoxy groups -OCH3 is 4. The maximum Gasteiger partial charge on any atom is 0.310 e. The molecule has 0 amide bonds. The van der Waals surface area contributed by atoms with E-state index in [1.807, 2.05) is 48.7 Å². The molecule has 1 saturated heterocycles. The van der Waals surface area contributed by atoms with E-state index in [4.69, 9.17) is 33.2 Å². The Hall–Kier alpha value is -4.57. The Morgan fingerprint density at radius 1 is 0.881 bits per heavy atom. The summed E-state index contributed by atoms with van der Waals surface area (Å²) in [6.07, 6.45) is 2.01. The molecule has 10 heteroatoms. The summed E-state index contributed by atoms with van der Waals surface area (Å²) in [5.74, 6) is 2.52. The van der Waals surface area contributed by atoms with Crippen molar-refractivity contribution < 1.29 is 38.0 Å². The number of carbonyl (C=O) groups excluding carboxylic acids is 1. The fourth-order valence-electron chi connectivity index (χ4n) is 6.76. The highest BCUT2D eigenvalue weighted by Gasteiger charge is 2.52. The molecule has 3 aliphatic rings. The number of aromatic amines is 1. The number of fused-ring (bicyclic) bond motifs is 4. The van der Waals surface area contributed by atoms with Gasteiger partial charge in [0.25, 0.3) is 0 Å². The van der Waals surface area contributed by atoms with Gasteiger partial charge in [-0.15, -0.1) is 0 Å². The van der Waals surface area contributed by atoms with E-state index in [2.05, 4.69) is 10.3 Å². The van der Waals surface area contributed by atoms with Crippen LogP contribution in [0.3, 0.4) is 0 Å². The van der Waals surface area contributed by atoms with Gasteiger partial charge in [0.2, 0.25) is 12.5 Å². The Labute approximate surface area is 242 Å². The van der Waals surface area contributed by atoms with Gasteiger partial charge in [0.15, 0.2) is 23.0 Å². The number of ether oxygens (including phenoxy) is 7. The number of carbonyl (C=O) groups is 1. The van der Waals surface area contributed by atoms with Crippen molar-refractivity contribution in [3.63, 3.8) is 0 Å². The molecule has 4 atom stereocenters. The van der Waals surface area contributed by atoms with Crippen molar-refractivity contribution >= 4 is 16.9 Å². The van der Waals surface area contributed by atoms with E-state index in [0.717, 1.165) is 38.9 Å².